The topological polar surface area (TPSA) is 72.4 Å². The van der Waals surface area contributed by atoms with Crippen molar-refractivity contribution >= 4 is 23.0 Å². The van der Waals surface area contributed by atoms with Crippen LogP contribution in [0.4, 0.5) is 39.1 Å². The summed E-state index contributed by atoms with van der Waals surface area (Å²) in [6.45, 7) is 3.69. The van der Waals surface area contributed by atoms with Crippen LogP contribution in [0.2, 0.25) is 0 Å². The Kier molecular flexibility index (Phi) is 5.50. The number of aliphatic imine (C=N–C) groups is 1. The molecular formula is C23H22F5N7. The summed E-state index contributed by atoms with van der Waals surface area (Å²) in [5.74, 6) is -1.29. The molecule has 35 heavy (non-hydrogen) atoms. The van der Waals surface area contributed by atoms with E-state index in [9.17, 15) is 22.0 Å². The fourth-order valence-corrected chi connectivity index (χ4v) is 4.45. The van der Waals surface area contributed by atoms with Crippen molar-refractivity contribution in [1.82, 2.24) is 20.1 Å². The van der Waals surface area contributed by atoms with Gasteiger partial charge in [-0.25, -0.2) is 18.8 Å². The number of piperazine rings is 1. The van der Waals surface area contributed by atoms with Crippen LogP contribution in [-0.4, -0.2) is 64.8 Å². The third-order valence-electron chi connectivity index (χ3n) is 6.37. The second kappa shape index (κ2) is 8.29. The molecule has 12 heteroatoms. The number of H-pyrrole nitrogens is 1. The van der Waals surface area contributed by atoms with E-state index in [1.165, 1.54) is 18.0 Å². The number of halogens is 5. The van der Waals surface area contributed by atoms with Crippen LogP contribution < -0.4 is 10.2 Å². The number of aromatic nitrogens is 3. The van der Waals surface area contributed by atoms with Crippen LogP contribution >= 0.6 is 0 Å². The minimum absolute atomic E-state index is 0.0560. The molecule has 7 nitrogen and oxygen atoms in total. The molecule has 4 heterocycles. The fourth-order valence-electron chi connectivity index (χ4n) is 4.45. The average Bonchev–Trinajstić information content (AvgIpc) is 3.05. The highest BCUT2D eigenvalue weighted by molar-refractivity contribution is 6.14. The zero-order chi connectivity index (χ0) is 25.1. The van der Waals surface area contributed by atoms with Crippen molar-refractivity contribution in [3.63, 3.8) is 0 Å². The van der Waals surface area contributed by atoms with Crippen molar-refractivity contribution in [1.29, 1.82) is 0 Å². The van der Waals surface area contributed by atoms with Gasteiger partial charge in [-0.15, -0.1) is 0 Å². The molecule has 184 valence electrons. The summed E-state index contributed by atoms with van der Waals surface area (Å²) in [7, 11) is 1.45. The van der Waals surface area contributed by atoms with Gasteiger partial charge in [-0.1, -0.05) is 6.07 Å². The quantitative estimate of drug-likeness (QED) is 0.515. The maximum absolute atomic E-state index is 14.6. The molecule has 1 fully saturated rings. The van der Waals surface area contributed by atoms with Gasteiger partial charge in [0.15, 0.2) is 0 Å². The average molecular weight is 491 g/mol. The Balaban J connectivity index is 1.65. The van der Waals surface area contributed by atoms with Gasteiger partial charge < -0.3 is 10.2 Å². The van der Waals surface area contributed by atoms with Gasteiger partial charge in [0.1, 0.15) is 35.0 Å². The first-order chi connectivity index (χ1) is 16.5. The summed E-state index contributed by atoms with van der Waals surface area (Å²) in [6.07, 6.45) is -4.38. The summed E-state index contributed by atoms with van der Waals surface area (Å²) < 4.78 is 69.9. The van der Waals surface area contributed by atoms with Gasteiger partial charge in [0, 0.05) is 25.2 Å². The number of benzene rings is 1. The third-order valence-corrected chi connectivity index (χ3v) is 6.37. The Bertz CT molecular complexity index is 1310. The van der Waals surface area contributed by atoms with Crippen LogP contribution in [0.3, 0.4) is 0 Å². The lowest BCUT2D eigenvalue weighted by atomic mass is 10.1. The zero-order valence-corrected chi connectivity index (χ0v) is 19.1. The van der Waals surface area contributed by atoms with Gasteiger partial charge in [-0.3, -0.25) is 10.00 Å². The summed E-state index contributed by atoms with van der Waals surface area (Å²) in [5.41, 5.74) is 2.38. The van der Waals surface area contributed by atoms with E-state index < -0.39 is 23.9 Å². The lowest BCUT2D eigenvalue weighted by molar-refractivity contribution is -0.180. The molecule has 0 saturated carbocycles. The summed E-state index contributed by atoms with van der Waals surface area (Å²) >= 11 is 0. The highest BCUT2D eigenvalue weighted by Gasteiger charge is 2.45. The molecule has 2 aliphatic rings. The van der Waals surface area contributed by atoms with E-state index in [1.54, 1.807) is 24.8 Å². The number of alkyl halides is 3. The first-order valence-electron chi connectivity index (χ1n) is 10.9. The summed E-state index contributed by atoms with van der Waals surface area (Å²) in [4.78, 5) is 11.9. The van der Waals surface area contributed by atoms with Gasteiger partial charge in [0.05, 0.1) is 28.3 Å². The Hall–Kier alpha value is -3.54. The van der Waals surface area contributed by atoms with Crippen LogP contribution in [0, 0.1) is 25.5 Å². The van der Waals surface area contributed by atoms with E-state index in [0.717, 1.165) is 12.1 Å². The van der Waals surface area contributed by atoms with Gasteiger partial charge in [-0.2, -0.15) is 18.3 Å². The highest BCUT2D eigenvalue weighted by atomic mass is 19.4. The van der Waals surface area contributed by atoms with Gasteiger partial charge in [0.2, 0.25) is 0 Å². The standard InChI is InChI=1S/C23H22F5N7/c1-11-19-13(9-17(29-11)35-8-7-34(3)16(10-35)23(26,27)28)21-20(12(2)32-33-21)31-22(30-19)18-14(24)5-4-6-15(18)25/h4-6,9,16H,7-8,10H2,1-3H3,(H,30,31)(H,32,33). The third kappa shape index (κ3) is 4.01. The fraction of sp³-hybridized carbons (Fsp3) is 0.348. The number of nitrogens with one attached hydrogen (secondary N) is 2. The van der Waals surface area contributed by atoms with Crippen molar-refractivity contribution in [3.05, 3.63) is 52.9 Å². The Morgan fingerprint density at radius 1 is 1.09 bits per heavy atom. The molecule has 0 amide bonds. The Morgan fingerprint density at radius 2 is 1.80 bits per heavy atom. The summed E-state index contributed by atoms with van der Waals surface area (Å²) in [6, 6.07) is 3.53. The first-order valence-corrected chi connectivity index (χ1v) is 10.9. The van der Waals surface area contributed by atoms with Crippen molar-refractivity contribution < 1.29 is 22.0 Å². The van der Waals surface area contributed by atoms with Crippen molar-refractivity contribution in [2.75, 3.05) is 36.9 Å². The number of pyridine rings is 1. The lowest BCUT2D eigenvalue weighted by Crippen LogP contribution is -2.57. The van der Waals surface area contributed by atoms with Gasteiger partial charge in [0.25, 0.3) is 0 Å². The molecule has 1 atom stereocenters. The van der Waals surface area contributed by atoms with Crippen LogP contribution in [0.1, 0.15) is 17.0 Å². The smallest absolute Gasteiger partial charge is 0.353 e. The highest BCUT2D eigenvalue weighted by Crippen LogP contribution is 2.42. The molecule has 2 aliphatic heterocycles. The summed E-state index contributed by atoms with van der Waals surface area (Å²) in [5, 5.41) is 10.2. The molecule has 1 unspecified atom stereocenters. The number of anilines is 2. The molecule has 0 aliphatic carbocycles. The Labute approximate surface area is 197 Å². The van der Waals surface area contributed by atoms with Crippen LogP contribution in [-0.2, 0) is 0 Å². The molecule has 1 aromatic carbocycles. The number of aromatic amines is 1. The largest absolute Gasteiger partial charge is 0.405 e. The van der Waals surface area contributed by atoms with Gasteiger partial charge >= 0.3 is 6.18 Å². The Morgan fingerprint density at radius 3 is 2.49 bits per heavy atom. The van der Waals surface area contributed by atoms with E-state index in [1.807, 2.05) is 0 Å². The molecule has 2 aromatic heterocycles. The van der Waals surface area contributed by atoms with Crippen molar-refractivity contribution in [2.45, 2.75) is 26.1 Å². The predicted octanol–water partition coefficient (Wildman–Crippen LogP) is 4.55. The number of likely N-dealkylation sites (N-methyl/N-ethyl adjacent to an activating group) is 1. The number of amidine groups is 1. The molecule has 0 bridgehead atoms. The SMILES string of the molecule is Cc1nc(N2CCN(C)C(C(F)(F)F)C2)cc2c1N=C(c1c(F)cccc1F)Nc1c-2n[nH]c1C. The van der Waals surface area contributed by atoms with Crippen molar-refractivity contribution in [3.8, 4) is 11.3 Å². The van der Waals surface area contributed by atoms with Crippen LogP contribution in [0.5, 0.6) is 0 Å². The van der Waals surface area contributed by atoms with Gasteiger partial charge in [-0.05, 0) is 39.1 Å². The zero-order valence-electron chi connectivity index (χ0n) is 19.1. The monoisotopic (exact) mass is 491 g/mol. The van der Waals surface area contributed by atoms with E-state index in [0.29, 0.717) is 46.4 Å². The number of rotatable bonds is 2. The molecular weight excluding hydrogens is 469 g/mol. The molecule has 0 spiro atoms. The van der Waals surface area contributed by atoms with E-state index in [4.69, 9.17) is 0 Å². The number of aryl methyl sites for hydroxylation is 2. The van der Waals surface area contributed by atoms with Crippen molar-refractivity contribution in [2.24, 2.45) is 4.99 Å². The molecule has 0 radical (unpaired) electrons. The number of nitrogens with zero attached hydrogens (tertiary/aromatic N) is 5. The predicted molar refractivity (Wildman–Crippen MR) is 122 cm³/mol. The number of hydrogen-bond donors (Lipinski definition) is 2. The lowest BCUT2D eigenvalue weighted by Gasteiger charge is -2.40. The molecule has 2 N–H and O–H groups in total. The minimum atomic E-state index is -4.38. The maximum Gasteiger partial charge on any atom is 0.405 e. The molecule has 5 rings (SSSR count). The number of fused-ring (bicyclic) bond motifs is 3. The maximum atomic E-state index is 14.6. The second-order valence-corrected chi connectivity index (χ2v) is 8.70. The van der Waals surface area contributed by atoms with Crippen LogP contribution in [0.15, 0.2) is 29.3 Å². The van der Waals surface area contributed by atoms with E-state index >= 15 is 0 Å². The molecule has 1 saturated heterocycles. The van der Waals surface area contributed by atoms with E-state index in [2.05, 4.69) is 25.5 Å². The minimum Gasteiger partial charge on any atom is -0.353 e. The first kappa shape index (κ1) is 23.2. The van der Waals surface area contributed by atoms with Crippen LogP contribution in [0.25, 0.3) is 11.3 Å². The second-order valence-electron chi connectivity index (χ2n) is 8.70. The molecule has 3 aromatic rings. The van der Waals surface area contributed by atoms with E-state index in [-0.39, 0.29) is 24.5 Å². The normalized spacial score (nSPS) is 18.5. The number of hydrogen-bond acceptors (Lipinski definition) is 6.